The SMILES string of the molecule is CSC1CC(=O)N1C(C)C(=O)O. The van der Waals surface area contributed by atoms with Crippen molar-refractivity contribution in [1.29, 1.82) is 0 Å². The van der Waals surface area contributed by atoms with Gasteiger partial charge in [0.25, 0.3) is 0 Å². The fourth-order valence-corrected chi connectivity index (χ4v) is 2.02. The van der Waals surface area contributed by atoms with Crippen molar-refractivity contribution < 1.29 is 14.7 Å². The normalized spacial score (nSPS) is 25.0. The average Bonchev–Trinajstić information content (AvgIpc) is 1.99. The molecule has 68 valence electrons. The van der Waals surface area contributed by atoms with E-state index in [-0.39, 0.29) is 11.3 Å². The van der Waals surface area contributed by atoms with Crippen LogP contribution in [-0.2, 0) is 9.59 Å². The quantitative estimate of drug-likeness (QED) is 0.652. The lowest BCUT2D eigenvalue weighted by Gasteiger charge is -2.41. The van der Waals surface area contributed by atoms with Crippen LogP contribution in [0.15, 0.2) is 0 Å². The van der Waals surface area contributed by atoms with Gasteiger partial charge >= 0.3 is 5.97 Å². The number of amides is 1. The van der Waals surface area contributed by atoms with Gasteiger partial charge in [-0.25, -0.2) is 4.79 Å². The Labute approximate surface area is 74.9 Å². The number of likely N-dealkylation sites (tertiary alicyclic amines) is 1. The van der Waals surface area contributed by atoms with Gasteiger partial charge in [-0.1, -0.05) is 0 Å². The van der Waals surface area contributed by atoms with E-state index in [1.54, 1.807) is 0 Å². The van der Waals surface area contributed by atoms with Gasteiger partial charge in [0, 0.05) is 0 Å². The van der Waals surface area contributed by atoms with E-state index in [1.165, 1.54) is 23.6 Å². The lowest BCUT2D eigenvalue weighted by atomic mass is 10.1. The molecule has 2 unspecified atom stereocenters. The highest BCUT2D eigenvalue weighted by atomic mass is 32.2. The first-order chi connectivity index (χ1) is 5.57. The number of nitrogens with zero attached hydrogens (tertiary/aromatic N) is 1. The van der Waals surface area contributed by atoms with Crippen molar-refractivity contribution >= 4 is 23.6 Å². The Morgan fingerprint density at radius 1 is 1.83 bits per heavy atom. The van der Waals surface area contributed by atoms with Gasteiger partial charge < -0.3 is 10.0 Å². The number of hydrogen-bond acceptors (Lipinski definition) is 3. The Morgan fingerprint density at radius 3 is 2.75 bits per heavy atom. The summed E-state index contributed by atoms with van der Waals surface area (Å²) in [6.07, 6.45) is 2.34. The Balaban J connectivity index is 2.60. The molecular weight excluding hydrogens is 178 g/mol. The summed E-state index contributed by atoms with van der Waals surface area (Å²) in [7, 11) is 0. The van der Waals surface area contributed by atoms with Crippen LogP contribution in [-0.4, -0.2) is 39.6 Å². The maximum atomic E-state index is 11.0. The molecule has 0 spiro atoms. The maximum absolute atomic E-state index is 11.0. The van der Waals surface area contributed by atoms with Crippen LogP contribution in [0.25, 0.3) is 0 Å². The highest BCUT2D eigenvalue weighted by Crippen LogP contribution is 2.29. The fraction of sp³-hybridized carbons (Fsp3) is 0.714. The van der Waals surface area contributed by atoms with E-state index in [9.17, 15) is 9.59 Å². The highest BCUT2D eigenvalue weighted by Gasteiger charge is 2.41. The first kappa shape index (κ1) is 9.38. The number of carboxylic acid groups (broad SMARTS) is 1. The molecule has 0 radical (unpaired) electrons. The molecule has 0 saturated carbocycles. The summed E-state index contributed by atoms with van der Waals surface area (Å²) in [5, 5.41) is 8.70. The summed E-state index contributed by atoms with van der Waals surface area (Å²) in [4.78, 5) is 22.9. The van der Waals surface area contributed by atoms with E-state index < -0.39 is 12.0 Å². The van der Waals surface area contributed by atoms with E-state index in [1.807, 2.05) is 6.26 Å². The minimum absolute atomic E-state index is 0.0589. The van der Waals surface area contributed by atoms with Gasteiger partial charge in [-0.15, -0.1) is 11.8 Å². The Morgan fingerprint density at radius 2 is 2.42 bits per heavy atom. The van der Waals surface area contributed by atoms with Crippen LogP contribution in [0.1, 0.15) is 13.3 Å². The zero-order chi connectivity index (χ0) is 9.30. The van der Waals surface area contributed by atoms with Crippen molar-refractivity contribution in [3.63, 3.8) is 0 Å². The van der Waals surface area contributed by atoms with Gasteiger partial charge in [0.2, 0.25) is 5.91 Å². The second kappa shape index (κ2) is 3.35. The molecule has 0 aromatic rings. The first-order valence-corrected chi connectivity index (χ1v) is 4.93. The predicted octanol–water partition coefficient (Wildman–Crippen LogP) is 0.381. The number of aliphatic carboxylic acids is 1. The molecule has 12 heavy (non-hydrogen) atoms. The molecule has 1 N–H and O–H groups in total. The second-order valence-electron chi connectivity index (χ2n) is 2.71. The molecule has 0 aromatic heterocycles. The molecule has 0 aromatic carbocycles. The van der Waals surface area contributed by atoms with E-state index in [4.69, 9.17) is 5.11 Å². The maximum Gasteiger partial charge on any atom is 0.326 e. The van der Waals surface area contributed by atoms with Crippen LogP contribution in [0.4, 0.5) is 0 Å². The minimum Gasteiger partial charge on any atom is -0.480 e. The summed E-state index contributed by atoms with van der Waals surface area (Å²) < 4.78 is 0. The fourth-order valence-electron chi connectivity index (χ4n) is 1.18. The predicted molar refractivity (Wildman–Crippen MR) is 45.9 cm³/mol. The number of carboxylic acids is 1. The highest BCUT2D eigenvalue weighted by molar-refractivity contribution is 7.99. The number of carbonyl (C=O) groups excluding carboxylic acids is 1. The smallest absolute Gasteiger partial charge is 0.326 e. The Hall–Kier alpha value is -0.710. The summed E-state index contributed by atoms with van der Waals surface area (Å²) >= 11 is 1.51. The molecule has 1 aliphatic heterocycles. The minimum atomic E-state index is -0.942. The first-order valence-electron chi connectivity index (χ1n) is 3.64. The van der Waals surface area contributed by atoms with Gasteiger partial charge in [-0.05, 0) is 13.2 Å². The third-order valence-corrected chi connectivity index (χ3v) is 2.93. The molecule has 1 aliphatic rings. The molecule has 5 heteroatoms. The summed E-state index contributed by atoms with van der Waals surface area (Å²) in [6, 6.07) is -0.691. The number of rotatable bonds is 3. The van der Waals surface area contributed by atoms with E-state index in [2.05, 4.69) is 0 Å². The molecular formula is C7H11NO3S. The summed E-state index contributed by atoms with van der Waals surface area (Å²) in [5.41, 5.74) is 0. The summed E-state index contributed by atoms with van der Waals surface area (Å²) in [5.74, 6) is -1.01. The molecule has 0 bridgehead atoms. The van der Waals surface area contributed by atoms with Crippen molar-refractivity contribution in [1.82, 2.24) is 4.90 Å². The van der Waals surface area contributed by atoms with Crippen LogP contribution in [0.5, 0.6) is 0 Å². The molecule has 0 aliphatic carbocycles. The monoisotopic (exact) mass is 189 g/mol. The zero-order valence-electron chi connectivity index (χ0n) is 6.98. The third kappa shape index (κ3) is 1.41. The summed E-state index contributed by atoms with van der Waals surface area (Å²) in [6.45, 7) is 1.53. The molecule has 1 amide bonds. The van der Waals surface area contributed by atoms with Gasteiger partial charge in [0.15, 0.2) is 0 Å². The zero-order valence-corrected chi connectivity index (χ0v) is 7.80. The molecule has 1 fully saturated rings. The van der Waals surface area contributed by atoms with Crippen LogP contribution in [0.3, 0.4) is 0 Å². The van der Waals surface area contributed by atoms with Crippen LogP contribution in [0.2, 0.25) is 0 Å². The standard InChI is InChI=1S/C7H11NO3S/c1-4(7(10)11)8-5(9)3-6(8)12-2/h4,6H,3H2,1-2H3,(H,10,11). The molecule has 1 heterocycles. The number of hydrogen-bond donors (Lipinski definition) is 1. The van der Waals surface area contributed by atoms with Crippen LogP contribution >= 0.6 is 11.8 Å². The third-order valence-electron chi connectivity index (χ3n) is 1.99. The lowest BCUT2D eigenvalue weighted by molar-refractivity contribution is -0.156. The van der Waals surface area contributed by atoms with Gasteiger partial charge in [-0.3, -0.25) is 4.79 Å². The van der Waals surface area contributed by atoms with E-state index in [0.29, 0.717) is 6.42 Å². The molecule has 1 saturated heterocycles. The molecule has 2 atom stereocenters. The average molecular weight is 189 g/mol. The Bertz CT molecular complexity index is 219. The number of carbonyl (C=O) groups is 2. The topological polar surface area (TPSA) is 57.6 Å². The van der Waals surface area contributed by atoms with Crippen molar-refractivity contribution in [2.24, 2.45) is 0 Å². The van der Waals surface area contributed by atoms with Crippen molar-refractivity contribution in [3.05, 3.63) is 0 Å². The van der Waals surface area contributed by atoms with Crippen molar-refractivity contribution in [3.8, 4) is 0 Å². The van der Waals surface area contributed by atoms with E-state index in [0.717, 1.165) is 0 Å². The largest absolute Gasteiger partial charge is 0.480 e. The van der Waals surface area contributed by atoms with Crippen LogP contribution < -0.4 is 0 Å². The Kier molecular flexibility index (Phi) is 2.62. The lowest BCUT2D eigenvalue weighted by Crippen LogP contribution is -2.57. The van der Waals surface area contributed by atoms with Crippen molar-refractivity contribution in [2.45, 2.75) is 24.8 Å². The van der Waals surface area contributed by atoms with Gasteiger partial charge in [0.05, 0.1) is 11.8 Å². The molecule has 4 nitrogen and oxygen atoms in total. The van der Waals surface area contributed by atoms with Gasteiger partial charge in [-0.2, -0.15) is 0 Å². The number of β-lactam (4-membered cyclic amide) rings is 1. The van der Waals surface area contributed by atoms with Crippen molar-refractivity contribution in [2.75, 3.05) is 6.26 Å². The van der Waals surface area contributed by atoms with Gasteiger partial charge in [0.1, 0.15) is 6.04 Å². The van der Waals surface area contributed by atoms with Crippen LogP contribution in [0, 0.1) is 0 Å². The number of thioether (sulfide) groups is 1. The van der Waals surface area contributed by atoms with E-state index >= 15 is 0 Å². The second-order valence-corrected chi connectivity index (χ2v) is 3.73. The molecule has 1 rings (SSSR count).